The Kier molecular flexibility index (Phi) is 5.97. The maximum Gasteiger partial charge on any atom is 0.274 e. The lowest BCUT2D eigenvalue weighted by molar-refractivity contribution is 0.0690. The van der Waals surface area contributed by atoms with Gasteiger partial charge < -0.3 is 4.90 Å². The van der Waals surface area contributed by atoms with Gasteiger partial charge >= 0.3 is 0 Å². The molecule has 1 aromatic carbocycles. The van der Waals surface area contributed by atoms with Gasteiger partial charge in [0.15, 0.2) is 0 Å². The number of benzene rings is 1. The van der Waals surface area contributed by atoms with Crippen LogP contribution in [-0.4, -0.2) is 59.5 Å². The van der Waals surface area contributed by atoms with E-state index < -0.39 is 27.3 Å². The zero-order valence-electron chi connectivity index (χ0n) is 17.5. The molecule has 0 unspecified atom stereocenters. The molecule has 0 radical (unpaired) electrons. The van der Waals surface area contributed by atoms with Crippen LogP contribution in [0.1, 0.15) is 20.2 Å². The highest BCUT2D eigenvalue weighted by Gasteiger charge is 2.32. The molecule has 1 aliphatic heterocycles. The predicted octanol–water partition coefficient (Wildman–Crippen LogP) is 2.20. The van der Waals surface area contributed by atoms with E-state index in [-0.39, 0.29) is 31.9 Å². The van der Waals surface area contributed by atoms with Crippen LogP contribution in [0.3, 0.4) is 0 Å². The summed E-state index contributed by atoms with van der Waals surface area (Å²) in [7, 11) is -3.62. The summed E-state index contributed by atoms with van der Waals surface area (Å²) in [5, 5.41) is 4.14. The number of thiophene rings is 1. The van der Waals surface area contributed by atoms with Crippen molar-refractivity contribution in [3.05, 3.63) is 74.1 Å². The zero-order valence-corrected chi connectivity index (χ0v) is 19.1. The van der Waals surface area contributed by atoms with Crippen LogP contribution in [0.4, 0.5) is 4.39 Å². The van der Waals surface area contributed by atoms with E-state index in [1.54, 1.807) is 13.0 Å². The third-order valence-electron chi connectivity index (χ3n) is 5.23. The predicted molar refractivity (Wildman–Crippen MR) is 118 cm³/mol. The molecule has 1 aliphatic rings. The Labute approximate surface area is 188 Å². The van der Waals surface area contributed by atoms with Gasteiger partial charge in [0, 0.05) is 42.0 Å². The minimum Gasteiger partial charge on any atom is -0.335 e. The topological polar surface area (TPSA) is 92.6 Å². The molecular weight excluding hydrogens is 455 g/mol. The largest absolute Gasteiger partial charge is 0.335 e. The van der Waals surface area contributed by atoms with Crippen molar-refractivity contribution in [2.75, 3.05) is 26.2 Å². The smallest absolute Gasteiger partial charge is 0.274 e. The Morgan fingerprint density at radius 1 is 1.03 bits per heavy atom. The van der Waals surface area contributed by atoms with Gasteiger partial charge in [0.25, 0.3) is 11.5 Å². The van der Waals surface area contributed by atoms with Gasteiger partial charge in [0.05, 0.1) is 10.6 Å². The Morgan fingerprint density at radius 3 is 2.28 bits per heavy atom. The molecule has 1 amide bonds. The van der Waals surface area contributed by atoms with Crippen LogP contribution < -0.4 is 5.56 Å². The highest BCUT2D eigenvalue weighted by atomic mass is 32.2. The molecule has 0 bridgehead atoms. The summed E-state index contributed by atoms with van der Waals surface area (Å²) in [5.41, 5.74) is -0.0663. The highest BCUT2D eigenvalue weighted by Crippen LogP contribution is 2.28. The second-order valence-electron chi connectivity index (χ2n) is 7.42. The summed E-state index contributed by atoms with van der Waals surface area (Å²) in [4.78, 5) is 28.6. The van der Waals surface area contributed by atoms with Crippen molar-refractivity contribution in [2.24, 2.45) is 0 Å². The Hall–Kier alpha value is -2.89. The summed E-state index contributed by atoms with van der Waals surface area (Å²) in [6.07, 6.45) is 0. The summed E-state index contributed by atoms with van der Waals surface area (Å²) < 4.78 is 41.6. The fourth-order valence-corrected chi connectivity index (χ4v) is 6.53. The number of sulfonamides is 1. The van der Waals surface area contributed by atoms with Crippen LogP contribution in [-0.2, 0) is 10.0 Å². The SMILES string of the molecule is Cc1cc(S(=O)(=O)N2CCN(C(=O)c3ccc(=O)n(-c4ccc(F)cc4)n3)CC2)c(C)s1. The molecule has 1 fully saturated rings. The van der Waals surface area contributed by atoms with Gasteiger partial charge in [-0.15, -0.1) is 11.3 Å². The molecule has 3 aromatic rings. The third kappa shape index (κ3) is 4.23. The van der Waals surface area contributed by atoms with Crippen LogP contribution in [0, 0.1) is 19.7 Å². The highest BCUT2D eigenvalue weighted by molar-refractivity contribution is 7.89. The average molecular weight is 477 g/mol. The first-order valence-corrected chi connectivity index (χ1v) is 12.2. The molecule has 4 rings (SSSR count). The van der Waals surface area contributed by atoms with Crippen LogP contribution in [0.15, 0.2) is 52.2 Å². The normalized spacial score (nSPS) is 15.2. The lowest BCUT2D eigenvalue weighted by atomic mass is 10.3. The summed E-state index contributed by atoms with van der Waals surface area (Å²) in [6.45, 7) is 4.40. The molecule has 8 nitrogen and oxygen atoms in total. The lowest BCUT2D eigenvalue weighted by Gasteiger charge is -2.33. The molecule has 1 saturated heterocycles. The average Bonchev–Trinajstić information content (AvgIpc) is 3.13. The van der Waals surface area contributed by atoms with Crippen molar-refractivity contribution in [1.29, 1.82) is 0 Å². The van der Waals surface area contributed by atoms with E-state index in [2.05, 4.69) is 5.10 Å². The Morgan fingerprint density at radius 2 is 1.69 bits per heavy atom. The molecule has 3 heterocycles. The minimum absolute atomic E-state index is 0.0505. The molecule has 11 heteroatoms. The molecule has 2 aromatic heterocycles. The Bertz CT molecular complexity index is 1320. The maximum absolute atomic E-state index is 13.2. The lowest BCUT2D eigenvalue weighted by Crippen LogP contribution is -2.50. The number of halogens is 1. The number of amides is 1. The van der Waals surface area contributed by atoms with E-state index in [1.165, 1.54) is 56.9 Å². The number of aromatic nitrogens is 2. The number of carbonyl (C=O) groups excluding carboxylic acids is 1. The van der Waals surface area contributed by atoms with Gasteiger partial charge in [0.1, 0.15) is 11.5 Å². The molecule has 0 aliphatic carbocycles. The minimum atomic E-state index is -3.62. The van der Waals surface area contributed by atoms with Gasteiger partial charge in [-0.2, -0.15) is 14.1 Å². The van der Waals surface area contributed by atoms with Gasteiger partial charge in [-0.05, 0) is 50.2 Å². The molecule has 0 spiro atoms. The van der Waals surface area contributed by atoms with E-state index in [9.17, 15) is 22.4 Å². The summed E-state index contributed by atoms with van der Waals surface area (Å²) in [5.74, 6) is -0.852. The van der Waals surface area contributed by atoms with Crippen molar-refractivity contribution in [2.45, 2.75) is 18.7 Å². The van der Waals surface area contributed by atoms with E-state index >= 15 is 0 Å². The van der Waals surface area contributed by atoms with Gasteiger partial charge in [-0.3, -0.25) is 9.59 Å². The number of hydrogen-bond donors (Lipinski definition) is 0. The zero-order chi connectivity index (χ0) is 23.0. The van der Waals surface area contributed by atoms with Crippen molar-refractivity contribution in [1.82, 2.24) is 19.0 Å². The fourth-order valence-electron chi connectivity index (χ4n) is 3.59. The van der Waals surface area contributed by atoms with E-state index in [0.29, 0.717) is 10.6 Å². The second-order valence-corrected chi connectivity index (χ2v) is 10.8. The number of rotatable bonds is 4. The number of piperazine rings is 1. The molecule has 0 saturated carbocycles. The van der Waals surface area contributed by atoms with Crippen LogP contribution in [0.5, 0.6) is 0 Å². The first kappa shape index (κ1) is 22.3. The first-order chi connectivity index (χ1) is 15.2. The maximum atomic E-state index is 13.2. The quantitative estimate of drug-likeness (QED) is 0.576. The third-order valence-corrected chi connectivity index (χ3v) is 8.35. The van der Waals surface area contributed by atoms with Crippen molar-refractivity contribution < 1.29 is 17.6 Å². The van der Waals surface area contributed by atoms with Crippen LogP contribution in [0.2, 0.25) is 0 Å². The molecule has 32 heavy (non-hydrogen) atoms. The standard InChI is InChI=1S/C21H21FN4O4S2/c1-14-13-19(15(2)31-14)32(29,30)25-11-9-24(10-12-25)21(28)18-7-8-20(27)26(23-18)17-5-3-16(22)4-6-17/h3-8,13H,9-12H2,1-2H3. The number of nitrogens with zero attached hydrogens (tertiary/aromatic N) is 4. The fraction of sp³-hybridized carbons (Fsp3) is 0.286. The second kappa shape index (κ2) is 8.57. The number of aryl methyl sites for hydroxylation is 2. The van der Waals surface area contributed by atoms with Gasteiger partial charge in [-0.1, -0.05) is 0 Å². The Balaban J connectivity index is 1.50. The molecule has 0 atom stereocenters. The van der Waals surface area contributed by atoms with Crippen LogP contribution in [0.25, 0.3) is 5.69 Å². The first-order valence-electron chi connectivity index (χ1n) is 9.89. The van der Waals surface area contributed by atoms with Crippen molar-refractivity contribution in [3.63, 3.8) is 0 Å². The van der Waals surface area contributed by atoms with Gasteiger partial charge in [0.2, 0.25) is 10.0 Å². The molecule has 0 N–H and O–H groups in total. The van der Waals surface area contributed by atoms with Crippen LogP contribution >= 0.6 is 11.3 Å². The monoisotopic (exact) mass is 476 g/mol. The molecular formula is C21H21FN4O4S2. The van der Waals surface area contributed by atoms with Crippen molar-refractivity contribution >= 4 is 27.3 Å². The van der Waals surface area contributed by atoms with E-state index in [4.69, 9.17) is 0 Å². The van der Waals surface area contributed by atoms with Gasteiger partial charge in [-0.25, -0.2) is 12.8 Å². The van der Waals surface area contributed by atoms with E-state index in [0.717, 1.165) is 14.4 Å². The molecule has 168 valence electrons. The van der Waals surface area contributed by atoms with Crippen molar-refractivity contribution in [3.8, 4) is 5.69 Å². The number of hydrogen-bond acceptors (Lipinski definition) is 6. The number of carbonyl (C=O) groups is 1. The summed E-state index contributed by atoms with van der Waals surface area (Å²) in [6, 6.07) is 9.45. The summed E-state index contributed by atoms with van der Waals surface area (Å²) >= 11 is 1.44. The van der Waals surface area contributed by atoms with E-state index in [1.807, 2.05) is 6.92 Å².